The molecule has 1 heterocycles. The predicted molar refractivity (Wildman–Crippen MR) is 103 cm³/mol. The number of carbonyl (C=O) groups excluding carboxylic acids is 1. The number of hydrogen-bond donors (Lipinski definition) is 0. The summed E-state index contributed by atoms with van der Waals surface area (Å²) in [6.45, 7) is 0.119. The maximum absolute atomic E-state index is 12.6. The Morgan fingerprint density at radius 1 is 0.786 bits per heavy atom. The highest BCUT2D eigenvalue weighted by Gasteiger charge is 2.31. The minimum atomic E-state index is -0.436. The highest BCUT2D eigenvalue weighted by Crippen LogP contribution is 2.45. The Kier molecular flexibility index (Phi) is 5.63. The van der Waals surface area contributed by atoms with Gasteiger partial charge in [0.1, 0.15) is 6.61 Å². The minimum Gasteiger partial charge on any atom is -0.493 e. The van der Waals surface area contributed by atoms with Crippen LogP contribution in [0.2, 0.25) is 0 Å². The third kappa shape index (κ3) is 3.19. The van der Waals surface area contributed by atoms with Crippen LogP contribution >= 0.6 is 0 Å². The van der Waals surface area contributed by atoms with Gasteiger partial charge in [0.25, 0.3) is 0 Å². The lowest BCUT2D eigenvalue weighted by Gasteiger charge is -2.16. The average Bonchev–Trinajstić information content (AvgIpc) is 3.12. The third-order valence-corrected chi connectivity index (χ3v) is 4.53. The predicted octanol–water partition coefficient (Wildman–Crippen LogP) is 3.20. The summed E-state index contributed by atoms with van der Waals surface area (Å²) in [6, 6.07) is 8.92. The van der Waals surface area contributed by atoms with E-state index in [4.69, 9.17) is 28.4 Å². The molecule has 0 atom stereocenters. The van der Waals surface area contributed by atoms with E-state index >= 15 is 0 Å². The topological polar surface area (TPSA) is 72.5 Å². The molecule has 0 fully saturated rings. The van der Waals surface area contributed by atoms with Gasteiger partial charge >= 0.3 is 5.97 Å². The molecule has 1 aliphatic rings. The summed E-state index contributed by atoms with van der Waals surface area (Å²) in [4.78, 5) is 12.6. The lowest BCUT2D eigenvalue weighted by atomic mass is 9.95. The summed E-state index contributed by atoms with van der Waals surface area (Å²) in [6.07, 6.45) is 0. The molecule has 3 rings (SSSR count). The van der Waals surface area contributed by atoms with E-state index in [0.29, 0.717) is 45.5 Å². The van der Waals surface area contributed by atoms with Crippen LogP contribution in [-0.4, -0.2) is 48.1 Å². The smallest absolute Gasteiger partial charge is 0.339 e. The summed E-state index contributed by atoms with van der Waals surface area (Å²) >= 11 is 0. The van der Waals surface area contributed by atoms with Gasteiger partial charge in [-0.2, -0.15) is 0 Å². The van der Waals surface area contributed by atoms with Crippen LogP contribution in [0.25, 0.3) is 11.1 Å². The third-order valence-electron chi connectivity index (χ3n) is 4.53. The average molecular weight is 386 g/mol. The molecular weight excluding hydrogens is 364 g/mol. The van der Waals surface area contributed by atoms with Crippen molar-refractivity contribution in [1.82, 2.24) is 0 Å². The lowest BCUT2D eigenvalue weighted by molar-refractivity contribution is -0.133. The van der Waals surface area contributed by atoms with Crippen LogP contribution in [-0.2, 0) is 9.53 Å². The number of methoxy groups -OCH3 is 5. The molecule has 0 N–H and O–H groups in total. The molecule has 0 aromatic heterocycles. The second kappa shape index (κ2) is 8.12. The van der Waals surface area contributed by atoms with E-state index in [-0.39, 0.29) is 6.61 Å². The van der Waals surface area contributed by atoms with E-state index in [1.165, 1.54) is 21.3 Å². The number of cyclic esters (lactones) is 1. The van der Waals surface area contributed by atoms with Gasteiger partial charge in [-0.05, 0) is 23.8 Å². The maximum Gasteiger partial charge on any atom is 0.339 e. The molecule has 7 heteroatoms. The van der Waals surface area contributed by atoms with Crippen LogP contribution in [0, 0.1) is 0 Å². The quantitative estimate of drug-likeness (QED) is 0.677. The maximum atomic E-state index is 12.6. The highest BCUT2D eigenvalue weighted by atomic mass is 16.5. The van der Waals surface area contributed by atoms with E-state index < -0.39 is 5.97 Å². The van der Waals surface area contributed by atoms with Crippen molar-refractivity contribution in [1.29, 1.82) is 0 Å². The van der Waals surface area contributed by atoms with Crippen LogP contribution in [0.5, 0.6) is 28.7 Å². The van der Waals surface area contributed by atoms with Gasteiger partial charge in [-0.3, -0.25) is 0 Å². The standard InChI is InChI=1S/C21H22O7/c1-23-15-8-6-7-13(19(15)26-4)14-11-28-21(22)18(14)12-9-16(24-2)20(27-5)17(10-12)25-3/h6-10H,11H2,1-5H3. The van der Waals surface area contributed by atoms with Crippen molar-refractivity contribution in [3.8, 4) is 28.7 Å². The Balaban J connectivity index is 2.26. The van der Waals surface area contributed by atoms with Crippen LogP contribution in [0.1, 0.15) is 11.1 Å². The first-order valence-corrected chi connectivity index (χ1v) is 8.51. The minimum absolute atomic E-state index is 0.119. The van der Waals surface area contributed by atoms with Crippen LogP contribution in [0.3, 0.4) is 0 Å². The number of hydrogen-bond acceptors (Lipinski definition) is 7. The largest absolute Gasteiger partial charge is 0.493 e. The molecule has 28 heavy (non-hydrogen) atoms. The number of carbonyl (C=O) groups is 1. The first-order valence-electron chi connectivity index (χ1n) is 8.51. The van der Waals surface area contributed by atoms with Crippen molar-refractivity contribution in [2.45, 2.75) is 0 Å². The van der Waals surface area contributed by atoms with Crippen molar-refractivity contribution in [2.24, 2.45) is 0 Å². The van der Waals surface area contributed by atoms with Gasteiger partial charge in [-0.25, -0.2) is 4.79 Å². The fourth-order valence-electron chi connectivity index (χ4n) is 3.26. The molecule has 0 saturated heterocycles. The van der Waals surface area contributed by atoms with Gasteiger partial charge in [-0.1, -0.05) is 12.1 Å². The number of esters is 1. The Bertz CT molecular complexity index is 905. The molecule has 148 valence electrons. The van der Waals surface area contributed by atoms with Crippen LogP contribution in [0.15, 0.2) is 30.3 Å². The Hall–Kier alpha value is -3.35. The molecule has 2 aromatic carbocycles. The zero-order valence-corrected chi connectivity index (χ0v) is 16.5. The summed E-state index contributed by atoms with van der Waals surface area (Å²) in [5.74, 6) is 2.00. The highest BCUT2D eigenvalue weighted by molar-refractivity contribution is 6.27. The second-order valence-corrected chi connectivity index (χ2v) is 5.88. The Labute approximate surface area is 163 Å². The fraction of sp³-hybridized carbons (Fsp3) is 0.286. The van der Waals surface area contributed by atoms with Gasteiger partial charge in [0.2, 0.25) is 5.75 Å². The molecule has 7 nitrogen and oxygen atoms in total. The summed E-state index contributed by atoms with van der Waals surface area (Å²) in [5.41, 5.74) is 2.41. The van der Waals surface area contributed by atoms with Crippen molar-refractivity contribution >= 4 is 17.1 Å². The van der Waals surface area contributed by atoms with Gasteiger partial charge in [-0.15, -0.1) is 0 Å². The second-order valence-electron chi connectivity index (χ2n) is 5.88. The van der Waals surface area contributed by atoms with E-state index in [0.717, 1.165) is 5.56 Å². The van der Waals surface area contributed by atoms with Gasteiger partial charge in [0.15, 0.2) is 23.0 Å². The van der Waals surface area contributed by atoms with E-state index in [9.17, 15) is 4.79 Å². The fourth-order valence-corrected chi connectivity index (χ4v) is 3.26. The molecule has 1 aliphatic heterocycles. The number of benzene rings is 2. The molecule has 0 radical (unpaired) electrons. The summed E-state index contributed by atoms with van der Waals surface area (Å²) in [7, 11) is 7.68. The van der Waals surface area contributed by atoms with Crippen molar-refractivity contribution in [3.63, 3.8) is 0 Å². The van der Waals surface area contributed by atoms with E-state index in [1.807, 2.05) is 12.1 Å². The zero-order valence-electron chi connectivity index (χ0n) is 16.5. The summed E-state index contributed by atoms with van der Waals surface area (Å²) in [5, 5.41) is 0. The van der Waals surface area contributed by atoms with Crippen LogP contribution in [0.4, 0.5) is 0 Å². The van der Waals surface area contributed by atoms with E-state index in [2.05, 4.69) is 0 Å². The normalized spacial score (nSPS) is 13.2. The molecule has 0 saturated carbocycles. The monoisotopic (exact) mass is 386 g/mol. The molecular formula is C21H22O7. The van der Waals surface area contributed by atoms with Gasteiger partial charge in [0, 0.05) is 11.1 Å². The SMILES string of the molecule is COc1cc(C2=C(c3cccc(OC)c3OC)COC2=O)cc(OC)c1OC. The lowest BCUT2D eigenvalue weighted by Crippen LogP contribution is -2.02. The molecule has 0 aliphatic carbocycles. The number of para-hydroxylation sites is 1. The summed E-state index contributed by atoms with van der Waals surface area (Å²) < 4.78 is 32.4. The number of ether oxygens (including phenoxy) is 6. The van der Waals surface area contributed by atoms with Crippen molar-refractivity contribution < 1.29 is 33.2 Å². The first-order chi connectivity index (χ1) is 13.6. The van der Waals surface area contributed by atoms with Crippen molar-refractivity contribution in [2.75, 3.05) is 42.2 Å². The van der Waals surface area contributed by atoms with E-state index in [1.54, 1.807) is 32.4 Å². The Morgan fingerprint density at radius 3 is 1.93 bits per heavy atom. The molecule has 0 bridgehead atoms. The number of rotatable bonds is 7. The molecule has 2 aromatic rings. The Morgan fingerprint density at radius 2 is 1.39 bits per heavy atom. The van der Waals surface area contributed by atoms with Gasteiger partial charge < -0.3 is 28.4 Å². The van der Waals surface area contributed by atoms with Gasteiger partial charge in [0.05, 0.1) is 41.1 Å². The molecule has 0 unspecified atom stereocenters. The molecule has 0 spiro atoms. The van der Waals surface area contributed by atoms with Crippen LogP contribution < -0.4 is 23.7 Å². The molecule has 0 amide bonds. The zero-order chi connectivity index (χ0) is 20.3. The first kappa shape index (κ1) is 19.4. The van der Waals surface area contributed by atoms with Crippen molar-refractivity contribution in [3.05, 3.63) is 41.5 Å².